The molecule has 102 valence electrons. The van der Waals surface area contributed by atoms with Crippen LogP contribution in [-0.4, -0.2) is 54.5 Å². The van der Waals surface area contributed by atoms with Gasteiger partial charge in [0.2, 0.25) is 5.91 Å². The number of hydrogen-bond acceptors (Lipinski definition) is 3. The first-order chi connectivity index (χ1) is 8.22. The van der Waals surface area contributed by atoms with Crippen LogP contribution in [0.5, 0.6) is 0 Å². The minimum Gasteiger partial charge on any atom is -0.337 e. The first-order valence-corrected chi connectivity index (χ1v) is 6.81. The van der Waals surface area contributed by atoms with Crippen molar-refractivity contribution in [2.45, 2.75) is 52.6 Å². The summed E-state index contributed by atoms with van der Waals surface area (Å²) in [6, 6.07) is 1.18. The van der Waals surface area contributed by atoms with Gasteiger partial charge >= 0.3 is 0 Å². The smallest absolute Gasteiger partial charge is 0.219 e. The van der Waals surface area contributed by atoms with Gasteiger partial charge in [-0.3, -0.25) is 9.69 Å². The van der Waals surface area contributed by atoms with Crippen LogP contribution in [0.1, 0.15) is 40.5 Å². The highest BCUT2D eigenvalue weighted by molar-refractivity contribution is 5.74. The zero-order chi connectivity index (χ0) is 13.4. The van der Waals surface area contributed by atoms with Gasteiger partial charge in [-0.1, -0.05) is 20.8 Å². The summed E-state index contributed by atoms with van der Waals surface area (Å²) >= 11 is 0. The van der Waals surface area contributed by atoms with Crippen molar-refractivity contribution in [2.75, 3.05) is 26.7 Å². The molecule has 2 rings (SSSR count). The minimum atomic E-state index is 0.253. The standard InChI is InChI=1S/C10H18N2O.C2H6.CH5N/c1-3-4-11-6-10-5-9(11)7-12(10)8(2)13;2*1-2/h9-10H,3-7H2,1-2H3;1-2H3;2H2,1H3/t9-,10-;;/m0../s1. The van der Waals surface area contributed by atoms with Crippen molar-refractivity contribution in [1.29, 1.82) is 0 Å². The van der Waals surface area contributed by atoms with Gasteiger partial charge in [-0.25, -0.2) is 0 Å². The fraction of sp³-hybridized carbons (Fsp3) is 0.923. The number of likely N-dealkylation sites (tertiary alicyclic amines) is 2. The first kappa shape index (κ1) is 16.4. The lowest BCUT2D eigenvalue weighted by atomic mass is 10.2. The maximum atomic E-state index is 11.2. The fourth-order valence-corrected chi connectivity index (χ4v) is 2.70. The molecular weight excluding hydrogens is 214 g/mol. The number of amides is 1. The van der Waals surface area contributed by atoms with Gasteiger partial charge in [0.1, 0.15) is 0 Å². The summed E-state index contributed by atoms with van der Waals surface area (Å²) in [4.78, 5) is 15.8. The van der Waals surface area contributed by atoms with Gasteiger partial charge in [0.05, 0.1) is 0 Å². The minimum absolute atomic E-state index is 0.253. The van der Waals surface area contributed by atoms with Crippen LogP contribution in [0, 0.1) is 0 Å². The van der Waals surface area contributed by atoms with E-state index < -0.39 is 0 Å². The van der Waals surface area contributed by atoms with E-state index in [0.29, 0.717) is 12.1 Å². The fourth-order valence-electron chi connectivity index (χ4n) is 2.70. The second kappa shape index (κ2) is 8.48. The maximum Gasteiger partial charge on any atom is 0.219 e. The molecule has 2 fully saturated rings. The van der Waals surface area contributed by atoms with E-state index in [4.69, 9.17) is 0 Å². The van der Waals surface area contributed by atoms with E-state index in [1.165, 1.54) is 26.4 Å². The molecule has 4 nitrogen and oxygen atoms in total. The Morgan fingerprint density at radius 3 is 2.18 bits per heavy atom. The number of nitrogens with zero attached hydrogens (tertiary/aromatic N) is 2. The molecule has 0 aromatic heterocycles. The van der Waals surface area contributed by atoms with E-state index in [9.17, 15) is 4.79 Å². The monoisotopic (exact) mass is 243 g/mol. The highest BCUT2D eigenvalue weighted by atomic mass is 16.2. The van der Waals surface area contributed by atoms with Crippen molar-refractivity contribution in [3.8, 4) is 0 Å². The maximum absolute atomic E-state index is 11.2. The predicted molar refractivity (Wildman–Crippen MR) is 72.9 cm³/mol. The van der Waals surface area contributed by atoms with E-state index in [0.717, 1.165) is 13.1 Å². The number of carbonyl (C=O) groups is 1. The average Bonchev–Trinajstić information content (AvgIpc) is 2.94. The molecule has 0 aromatic carbocycles. The normalized spacial score (nSPS) is 25.9. The van der Waals surface area contributed by atoms with Gasteiger partial charge in [-0.15, -0.1) is 0 Å². The second-order valence-electron chi connectivity index (χ2n) is 4.21. The van der Waals surface area contributed by atoms with Crippen molar-refractivity contribution < 1.29 is 4.79 Å². The van der Waals surface area contributed by atoms with Gasteiger partial charge in [-0.2, -0.15) is 0 Å². The topological polar surface area (TPSA) is 49.6 Å². The molecule has 0 aliphatic carbocycles. The highest BCUT2D eigenvalue weighted by Crippen LogP contribution is 2.30. The molecule has 2 aliphatic rings. The van der Waals surface area contributed by atoms with E-state index in [-0.39, 0.29) is 5.91 Å². The molecule has 2 atom stereocenters. The molecule has 2 heterocycles. The largest absolute Gasteiger partial charge is 0.337 e. The second-order valence-corrected chi connectivity index (χ2v) is 4.21. The Bertz CT molecular complexity index is 221. The third-order valence-electron chi connectivity index (χ3n) is 3.27. The van der Waals surface area contributed by atoms with Crippen molar-refractivity contribution in [2.24, 2.45) is 5.73 Å². The van der Waals surface area contributed by atoms with E-state index in [1.54, 1.807) is 6.92 Å². The molecular formula is C13H29N3O. The Labute approximate surface area is 106 Å². The molecule has 0 spiro atoms. The molecule has 0 aromatic rings. The van der Waals surface area contributed by atoms with Crippen LogP contribution in [0.2, 0.25) is 0 Å². The van der Waals surface area contributed by atoms with Crippen LogP contribution in [-0.2, 0) is 4.79 Å². The summed E-state index contributed by atoms with van der Waals surface area (Å²) in [5, 5.41) is 0. The number of piperazine rings is 1. The van der Waals surface area contributed by atoms with Crippen molar-refractivity contribution in [3.05, 3.63) is 0 Å². The van der Waals surface area contributed by atoms with Gasteiger partial charge in [-0.05, 0) is 26.4 Å². The molecule has 1 amide bonds. The Kier molecular flexibility index (Phi) is 8.17. The van der Waals surface area contributed by atoms with Gasteiger partial charge in [0.25, 0.3) is 0 Å². The average molecular weight is 243 g/mol. The van der Waals surface area contributed by atoms with E-state index >= 15 is 0 Å². The first-order valence-electron chi connectivity index (χ1n) is 6.81. The third kappa shape index (κ3) is 3.96. The Morgan fingerprint density at radius 2 is 1.82 bits per heavy atom. The molecule has 0 radical (unpaired) electrons. The molecule has 2 N–H and O–H groups in total. The van der Waals surface area contributed by atoms with Crippen molar-refractivity contribution in [1.82, 2.24) is 9.80 Å². The molecule has 17 heavy (non-hydrogen) atoms. The highest BCUT2D eigenvalue weighted by Gasteiger charge is 2.43. The number of nitrogens with two attached hydrogens (primary N) is 1. The Hall–Kier alpha value is -0.610. The van der Waals surface area contributed by atoms with Crippen LogP contribution in [0.25, 0.3) is 0 Å². The van der Waals surface area contributed by atoms with Crippen molar-refractivity contribution in [3.63, 3.8) is 0 Å². The van der Waals surface area contributed by atoms with E-state index in [2.05, 4.69) is 17.6 Å². The Morgan fingerprint density at radius 1 is 1.24 bits per heavy atom. The summed E-state index contributed by atoms with van der Waals surface area (Å²) in [5.41, 5.74) is 4.50. The van der Waals surface area contributed by atoms with Gasteiger partial charge < -0.3 is 10.6 Å². The number of hydrogen-bond donors (Lipinski definition) is 1. The molecule has 4 heteroatoms. The van der Waals surface area contributed by atoms with Crippen LogP contribution in [0.15, 0.2) is 0 Å². The summed E-state index contributed by atoms with van der Waals surface area (Å²) in [6.07, 6.45) is 2.43. The van der Waals surface area contributed by atoms with Crippen LogP contribution in [0.4, 0.5) is 0 Å². The van der Waals surface area contributed by atoms with Gasteiger partial charge in [0.15, 0.2) is 0 Å². The van der Waals surface area contributed by atoms with Crippen LogP contribution >= 0.6 is 0 Å². The SMILES string of the molecule is CC.CCCN1C[C@@H]2C[C@H]1CN2C(C)=O.CN. The molecule has 0 unspecified atom stereocenters. The zero-order valence-electron chi connectivity index (χ0n) is 12.1. The zero-order valence-corrected chi connectivity index (χ0v) is 12.1. The lowest BCUT2D eigenvalue weighted by molar-refractivity contribution is -0.131. The lowest BCUT2D eigenvalue weighted by Crippen LogP contribution is -2.48. The molecule has 2 bridgehead atoms. The quantitative estimate of drug-likeness (QED) is 0.795. The van der Waals surface area contributed by atoms with Crippen LogP contribution < -0.4 is 5.73 Å². The Balaban J connectivity index is 0.000000581. The number of rotatable bonds is 2. The van der Waals surface area contributed by atoms with Crippen LogP contribution in [0.3, 0.4) is 0 Å². The lowest BCUT2D eigenvalue weighted by Gasteiger charge is -2.33. The number of carbonyl (C=O) groups excluding carboxylic acids is 1. The van der Waals surface area contributed by atoms with Gasteiger partial charge in [0, 0.05) is 32.1 Å². The third-order valence-corrected chi connectivity index (χ3v) is 3.27. The van der Waals surface area contributed by atoms with Crippen molar-refractivity contribution >= 4 is 5.91 Å². The van der Waals surface area contributed by atoms with E-state index in [1.807, 2.05) is 18.7 Å². The predicted octanol–water partition coefficient (Wildman–Crippen LogP) is 1.30. The summed E-state index contributed by atoms with van der Waals surface area (Å²) in [5.74, 6) is 0.253. The number of fused-ring (bicyclic) bond motifs is 2. The molecule has 0 saturated carbocycles. The molecule has 2 aliphatic heterocycles. The summed E-state index contributed by atoms with van der Waals surface area (Å²) < 4.78 is 0. The summed E-state index contributed by atoms with van der Waals surface area (Å²) in [6.45, 7) is 11.2. The summed E-state index contributed by atoms with van der Waals surface area (Å²) in [7, 11) is 1.50. The molecule has 2 saturated heterocycles.